The topological polar surface area (TPSA) is 300 Å². The molecule has 0 unspecified atom stereocenters. The molecule has 1 aliphatic heterocycles. The molecule has 12 N–H and O–H groups in total. The first-order valence-electron chi connectivity index (χ1n) is 49.3. The number of ether oxygens (including phenoxy) is 5. The Morgan fingerprint density at radius 2 is 0.909 bits per heavy atom. The molecular weight excluding hydrogens is 1720 g/mol. The summed E-state index contributed by atoms with van der Waals surface area (Å²) in [5.74, 6) is 4.27. The summed E-state index contributed by atoms with van der Waals surface area (Å²) in [5, 5.41) is 84.6. The van der Waals surface area contributed by atoms with Crippen LogP contribution in [0.3, 0.4) is 0 Å². The van der Waals surface area contributed by atoms with Gasteiger partial charge in [-0.15, -0.1) is 0 Å². The van der Waals surface area contributed by atoms with E-state index in [4.69, 9.17) is 28.7 Å². The first kappa shape index (κ1) is 104. The van der Waals surface area contributed by atoms with Crippen molar-refractivity contribution in [1.29, 1.82) is 0 Å². The van der Waals surface area contributed by atoms with Crippen molar-refractivity contribution >= 4 is 36.9 Å². The maximum Gasteiger partial charge on any atom is 0.142 e. The normalized spacial score (nSPS) is 32.0. The zero-order valence-electron chi connectivity index (χ0n) is 80.4. The Labute approximate surface area is 780 Å². The van der Waals surface area contributed by atoms with Crippen molar-refractivity contribution in [1.82, 2.24) is 20.5 Å². The van der Waals surface area contributed by atoms with Gasteiger partial charge in [-0.1, -0.05) is 132 Å². The second-order valence-corrected chi connectivity index (χ2v) is 45.3. The molecule has 28 heteroatoms. The SMILES string of the molecule is C[C@H](CCC(=O)NCCCN(CCCNC(=O)CC[C@@H](C)[C@H]1CC[C@H]2[C@@H]3[C@H](O)C[C@@H]4C[C@H](O)CC[C@]4(C)[C@H]3C[C@H](O)[C@]12C)C(=O)c1ccc(C[NH2+]Cc2cc(C(C)(C)C)cc(C(C)(C)C)c2)cc1)[C@H]1CC[C@H]2[C@@H]3[C@H](O)C[C@@H]4C[C@H](O)CC[C@]4(C)[C@H]3C[C@H](O)[C@]12C.F[P-](F)(F)(F)(F)F.c1cc2nc(c1)CNc1ccccc1OCCOCCOCCOCCOc1ccccc1NC2. The monoisotopic (exact) mass is 1870 g/mol. The van der Waals surface area contributed by atoms with Crippen LogP contribution in [0.5, 0.6) is 11.5 Å². The van der Waals surface area contributed by atoms with Crippen molar-refractivity contribution in [3.8, 4) is 11.5 Å². The van der Waals surface area contributed by atoms with E-state index < -0.39 is 32.2 Å². The van der Waals surface area contributed by atoms with E-state index in [1.54, 1.807) is 0 Å². The van der Waals surface area contributed by atoms with E-state index in [1.165, 1.54) is 16.7 Å². The third-order valence-electron chi connectivity index (χ3n) is 32.8. The van der Waals surface area contributed by atoms with Gasteiger partial charge in [0.1, 0.15) is 37.8 Å². The summed E-state index contributed by atoms with van der Waals surface area (Å²) >= 11 is 0. The van der Waals surface area contributed by atoms with Gasteiger partial charge in [0.25, 0.3) is 5.91 Å². The number of aliphatic hydroxyl groups excluding tert-OH is 6. The maximum atomic E-state index is 14.5. The molecule has 2 bridgehead atoms. The predicted molar refractivity (Wildman–Crippen MR) is 504 cm³/mol. The summed E-state index contributed by atoms with van der Waals surface area (Å²) in [7, 11) is -10.7. The molecule has 14 rings (SSSR count). The Kier molecular flexibility index (Phi) is 34.3. The Bertz CT molecular complexity index is 4350. The van der Waals surface area contributed by atoms with Crippen LogP contribution < -0.4 is 36.1 Å². The van der Waals surface area contributed by atoms with Crippen molar-refractivity contribution in [3.63, 3.8) is 0 Å². The van der Waals surface area contributed by atoms with Crippen LogP contribution in [0.4, 0.5) is 36.6 Å². The van der Waals surface area contributed by atoms with Crippen molar-refractivity contribution < 1.29 is 99.2 Å². The molecule has 22 atom stereocenters. The van der Waals surface area contributed by atoms with Crippen LogP contribution in [0.2, 0.25) is 0 Å². The summed E-state index contributed by atoms with van der Waals surface area (Å²) in [6.07, 6.45) is 12.8. The van der Waals surface area contributed by atoms with Gasteiger partial charge in [0.05, 0.1) is 112 Å². The van der Waals surface area contributed by atoms with Gasteiger partial charge in [-0.25, -0.2) is 0 Å². The molecule has 8 aliphatic carbocycles. The van der Waals surface area contributed by atoms with Gasteiger partial charge >= 0.3 is 33.0 Å². The number of nitrogens with zero attached hydrogens (tertiary/aromatic N) is 2. The largest absolute Gasteiger partial charge is 0.489 e. The molecule has 4 aromatic carbocycles. The number of anilines is 2. The first-order valence-corrected chi connectivity index (χ1v) is 51.4. The summed E-state index contributed by atoms with van der Waals surface area (Å²) in [4.78, 5) is 48.4. The third-order valence-corrected chi connectivity index (χ3v) is 32.8. The number of hydrogen-bond donors (Lipinski definition) is 11. The van der Waals surface area contributed by atoms with E-state index in [-0.39, 0.29) is 133 Å². The van der Waals surface area contributed by atoms with Crippen molar-refractivity contribution in [2.24, 2.45) is 92.7 Å². The number of nitrogens with one attached hydrogen (secondary N) is 4. The molecule has 132 heavy (non-hydrogen) atoms. The number of aromatic nitrogens is 1. The van der Waals surface area contributed by atoms with Crippen LogP contribution in [0, 0.1) is 92.7 Å². The number of para-hydroxylation sites is 4. The molecule has 0 spiro atoms. The van der Waals surface area contributed by atoms with Crippen molar-refractivity contribution in [3.05, 3.63) is 148 Å². The average molecular weight is 1870 g/mol. The molecule has 21 nitrogen and oxygen atoms in total. The molecule has 738 valence electrons. The van der Waals surface area contributed by atoms with Crippen molar-refractivity contribution in [2.75, 3.05) is 89.7 Å². The number of aliphatic hydroxyl groups is 6. The quantitative estimate of drug-likeness (QED) is 0.0185. The van der Waals surface area contributed by atoms with E-state index in [1.807, 2.05) is 83.8 Å². The van der Waals surface area contributed by atoms with Crippen LogP contribution >= 0.6 is 7.81 Å². The number of benzene rings is 4. The number of fused-ring (bicyclic) bond motifs is 14. The van der Waals surface area contributed by atoms with Gasteiger partial charge in [0.15, 0.2) is 0 Å². The van der Waals surface area contributed by atoms with Crippen LogP contribution in [-0.4, -0.2) is 174 Å². The summed E-state index contributed by atoms with van der Waals surface area (Å²) in [6, 6.07) is 36.8. The minimum Gasteiger partial charge on any atom is -0.489 e. The van der Waals surface area contributed by atoms with E-state index in [0.29, 0.717) is 149 Å². The summed E-state index contributed by atoms with van der Waals surface area (Å²) < 4.78 is 87.8. The molecule has 8 fully saturated rings. The first-order chi connectivity index (χ1) is 62.2. The fourth-order valence-electron chi connectivity index (χ4n) is 25.5. The van der Waals surface area contributed by atoms with E-state index in [0.717, 1.165) is 130 Å². The molecule has 8 saturated carbocycles. The minimum atomic E-state index is -10.7. The fraction of sp³-hybridized carbons (Fsp3) is 0.692. The third kappa shape index (κ3) is 27.0. The number of carbonyl (C=O) groups excluding carboxylic acids is 3. The smallest absolute Gasteiger partial charge is 0.142 e. The molecule has 3 amide bonds. The van der Waals surface area contributed by atoms with Gasteiger partial charge in [0, 0.05) is 55.7 Å². The zero-order valence-corrected chi connectivity index (χ0v) is 81.3. The van der Waals surface area contributed by atoms with Crippen LogP contribution in [0.25, 0.3) is 0 Å². The Hall–Kier alpha value is -6.75. The summed E-state index contributed by atoms with van der Waals surface area (Å²) in [5.41, 5.74) is 8.97. The van der Waals surface area contributed by atoms with Gasteiger partial charge in [0.2, 0.25) is 11.8 Å². The molecular formula is C104H156F6N7O14P. The molecule has 0 saturated heterocycles. The number of amides is 3. The van der Waals surface area contributed by atoms with E-state index in [2.05, 4.69) is 140 Å². The van der Waals surface area contributed by atoms with Gasteiger partial charge in [-0.05, 0) is 291 Å². The van der Waals surface area contributed by atoms with E-state index >= 15 is 0 Å². The fourth-order valence-corrected chi connectivity index (χ4v) is 25.5. The Morgan fingerprint density at radius 1 is 0.508 bits per heavy atom. The number of pyridine rings is 1. The average Bonchev–Trinajstić information content (AvgIpc) is 1.51. The summed E-state index contributed by atoms with van der Waals surface area (Å²) in [6.45, 7) is 35.9. The maximum absolute atomic E-state index is 14.5. The van der Waals surface area contributed by atoms with E-state index in [9.17, 15) is 70.2 Å². The van der Waals surface area contributed by atoms with Crippen molar-refractivity contribution in [2.45, 2.75) is 285 Å². The predicted octanol–water partition coefficient (Wildman–Crippen LogP) is 18.3. The standard InChI is InChI=1S/C77H122N4O9.C27H33N3O5.F6P/c1-46(57-21-23-59-69-61(42-65(86)76(57,59)11)74(9)29-27-55(82)38-53(74)40-63(69)84)15-25-67(88)79-31-13-33-81(71(90)50-19-17-48(18-20-50)44-78-45-49-35-51(72(3,4)5)37-52(36-49)73(6,7)8)34-14-32-80-68(89)26-16-47(2)58-22-24-60-70-62(43-66(87)77(58,60)12)75(10)30-28-56(83)39-54(75)41-64(70)85;1-3-10-26-24(8-1)28-20-22-6-5-7-23(30-22)21-29-25-9-2-4-11-27(25)35-19-17-33-15-13-31-12-14-32-16-18-34-26;1-7(2,3,4,5)6/h17-20,35-37,46-47,53-66,69-70,78,82-87H,13-16,21-34,38-45H2,1-12H3,(H,79,88)(H,80,89);1-11,28-29H,12-21H2;/q;;-1/p+1/t46-,47-,53+,54+,55-,56-,57-,58-,59+,60+,61+,62+,63-,64-,65+,66+,69+,70+,74+,75+,76-,77-;;/m1../s1. The van der Waals surface area contributed by atoms with Crippen LogP contribution in [0.1, 0.15) is 256 Å². The minimum absolute atomic E-state index is 0.00628. The number of carbonyl (C=O) groups is 3. The number of halogens is 6. The molecule has 1 aromatic heterocycles. The van der Waals surface area contributed by atoms with Crippen LogP contribution in [-0.2, 0) is 60.8 Å². The molecule has 5 aromatic rings. The van der Waals surface area contributed by atoms with Crippen LogP contribution in [0.15, 0.2) is 109 Å². The molecule has 9 aliphatic rings. The van der Waals surface area contributed by atoms with Gasteiger partial charge in [-0.2, -0.15) is 0 Å². The molecule has 0 radical (unpaired) electrons. The second-order valence-electron chi connectivity index (χ2n) is 43.4. The zero-order chi connectivity index (χ0) is 95.4. The number of rotatable bonds is 21. The Morgan fingerprint density at radius 3 is 1.33 bits per heavy atom. The second kappa shape index (κ2) is 43.5. The number of quaternary nitrogens is 1. The number of hydrogen-bond acceptors (Lipinski definition) is 17. The Balaban J connectivity index is 0.000000308. The number of nitrogens with two attached hydrogens (primary N) is 1. The van der Waals surface area contributed by atoms with Gasteiger partial charge < -0.3 is 85.8 Å². The molecule has 2 heterocycles. The van der Waals surface area contributed by atoms with Gasteiger partial charge in [-0.3, -0.25) is 19.4 Å².